The number of methoxy groups -OCH3 is 1. The van der Waals surface area contributed by atoms with E-state index in [4.69, 9.17) is 42.3 Å². The molecule has 58 heavy (non-hydrogen) atoms. The first-order valence-electron chi connectivity index (χ1n) is 22.1. The Morgan fingerprint density at radius 1 is 1.02 bits per heavy atom. The van der Waals surface area contributed by atoms with Crippen LogP contribution < -0.4 is 0 Å². The lowest BCUT2D eigenvalue weighted by Crippen LogP contribution is -2.48. The van der Waals surface area contributed by atoms with Gasteiger partial charge < -0.3 is 42.3 Å². The van der Waals surface area contributed by atoms with Crippen molar-refractivity contribution < 1.29 is 51.9 Å². The topological polar surface area (TPSA) is 121 Å². The van der Waals surface area contributed by atoms with Crippen LogP contribution in [0.5, 0.6) is 0 Å². The van der Waals surface area contributed by atoms with Crippen LogP contribution in [0.4, 0.5) is 0 Å². The summed E-state index contributed by atoms with van der Waals surface area (Å²) >= 11 is 0. The smallest absolute Gasteiger partial charge is 0.308 e. The largest absolute Gasteiger partial charge is 0.457 e. The van der Waals surface area contributed by atoms with Gasteiger partial charge >= 0.3 is 11.9 Å². The maximum absolute atomic E-state index is 14.0. The Morgan fingerprint density at radius 3 is 2.21 bits per heavy atom. The predicted molar refractivity (Wildman–Crippen MR) is 232 cm³/mol. The highest BCUT2D eigenvalue weighted by Gasteiger charge is 2.49. The summed E-state index contributed by atoms with van der Waals surface area (Å²) < 4.78 is 56.1. The van der Waals surface area contributed by atoms with E-state index in [0.717, 1.165) is 24.1 Å². The third kappa shape index (κ3) is 15.8. The van der Waals surface area contributed by atoms with Gasteiger partial charge in [-0.3, -0.25) is 9.59 Å². The lowest BCUT2D eigenvalue weighted by molar-refractivity contribution is -0.227. The third-order valence-electron chi connectivity index (χ3n) is 12.2. The number of allylic oxidation sites excluding steroid dienone is 2. The van der Waals surface area contributed by atoms with Gasteiger partial charge in [-0.25, -0.2) is 0 Å². The van der Waals surface area contributed by atoms with Crippen molar-refractivity contribution in [3.05, 3.63) is 36.0 Å². The van der Waals surface area contributed by atoms with Crippen molar-refractivity contribution in [1.82, 2.24) is 0 Å². The van der Waals surface area contributed by atoms with Crippen molar-refractivity contribution in [2.75, 3.05) is 20.3 Å². The second-order valence-corrected chi connectivity index (χ2v) is 22.1. The van der Waals surface area contributed by atoms with Crippen molar-refractivity contribution in [2.24, 2.45) is 11.8 Å². The summed E-state index contributed by atoms with van der Waals surface area (Å²) in [5, 5.41) is 0. The zero-order valence-corrected chi connectivity index (χ0v) is 40.1. The fourth-order valence-corrected chi connectivity index (χ4v) is 12.2. The second kappa shape index (κ2) is 24.5. The molecule has 2 heterocycles. The number of ether oxygens (including phenoxy) is 8. The first-order chi connectivity index (χ1) is 27.3. The number of rotatable bonds is 23. The number of carbonyl (C=O) groups excluding carboxylic acids is 2. The highest BCUT2D eigenvalue weighted by molar-refractivity contribution is 6.75. The van der Waals surface area contributed by atoms with Gasteiger partial charge in [0, 0.05) is 45.5 Å². The van der Waals surface area contributed by atoms with E-state index in [2.05, 4.69) is 48.5 Å². The molecular weight excluding hydrogens is 757 g/mol. The third-order valence-corrected chi connectivity index (χ3v) is 17.5. The van der Waals surface area contributed by atoms with Gasteiger partial charge in [-0.05, 0) is 97.0 Å². The SMILES string of the molecule is CCOC(C)OC(C)(/C=C/C=C(\C)C1OC(=O)CC(O[Si](CC)(CC)C(C)C)CCC(C)(OC(C)OCC)C(OC(C)=O)/C=C/C1C)CC1OC1C(C)C(CC)OC. The average Bonchev–Trinajstić information content (AvgIpc) is 3.91. The Bertz CT molecular complexity index is 1330. The van der Waals surface area contributed by atoms with Gasteiger partial charge in [0.05, 0.1) is 36.4 Å². The van der Waals surface area contributed by atoms with E-state index >= 15 is 0 Å². The van der Waals surface area contributed by atoms with E-state index in [1.54, 1.807) is 7.11 Å². The molecule has 2 rings (SSSR count). The number of carbonyl (C=O) groups is 2. The molecule has 0 aromatic carbocycles. The van der Waals surface area contributed by atoms with Crippen LogP contribution in [0.25, 0.3) is 0 Å². The Labute approximate surface area is 353 Å². The normalized spacial score (nSPS) is 30.1. The highest BCUT2D eigenvalue weighted by Crippen LogP contribution is 2.40. The maximum atomic E-state index is 14.0. The first kappa shape index (κ1) is 52.2. The van der Waals surface area contributed by atoms with Crippen LogP contribution in [0.15, 0.2) is 36.0 Å². The summed E-state index contributed by atoms with van der Waals surface area (Å²) in [4.78, 5) is 26.6. The van der Waals surface area contributed by atoms with E-state index in [1.165, 1.54) is 6.92 Å². The molecule has 12 unspecified atom stereocenters. The lowest BCUT2D eigenvalue weighted by atomic mass is 9.88. The maximum Gasteiger partial charge on any atom is 0.308 e. The van der Waals surface area contributed by atoms with Crippen molar-refractivity contribution in [1.29, 1.82) is 0 Å². The molecule has 0 aliphatic carbocycles. The van der Waals surface area contributed by atoms with Gasteiger partial charge in [0.25, 0.3) is 0 Å². The van der Waals surface area contributed by atoms with E-state index in [9.17, 15) is 9.59 Å². The van der Waals surface area contributed by atoms with Gasteiger partial charge in [-0.15, -0.1) is 0 Å². The minimum absolute atomic E-state index is 0.0228. The molecule has 0 N–H and O–H groups in total. The molecule has 0 aromatic heterocycles. The van der Waals surface area contributed by atoms with Crippen LogP contribution in [0.2, 0.25) is 17.6 Å². The molecule has 1 saturated heterocycles. The number of cyclic esters (lactones) is 1. The van der Waals surface area contributed by atoms with Crippen LogP contribution >= 0.6 is 0 Å². The van der Waals surface area contributed by atoms with E-state index in [1.807, 2.05) is 78.8 Å². The van der Waals surface area contributed by atoms with Crippen molar-refractivity contribution in [3.63, 3.8) is 0 Å². The summed E-state index contributed by atoms with van der Waals surface area (Å²) in [5.41, 5.74) is -0.480. The molecule has 336 valence electrons. The van der Waals surface area contributed by atoms with E-state index < -0.39 is 56.4 Å². The molecule has 1 fully saturated rings. The molecule has 0 radical (unpaired) electrons. The van der Waals surface area contributed by atoms with Gasteiger partial charge in [-0.1, -0.05) is 72.8 Å². The van der Waals surface area contributed by atoms with Crippen LogP contribution in [0.1, 0.15) is 136 Å². The Balaban J connectivity index is 2.59. The monoisotopic (exact) mass is 839 g/mol. The van der Waals surface area contributed by atoms with E-state index in [0.29, 0.717) is 38.0 Å². The molecule has 12 heteroatoms. The van der Waals surface area contributed by atoms with Crippen molar-refractivity contribution in [2.45, 2.75) is 214 Å². The molecule has 0 saturated carbocycles. The van der Waals surface area contributed by atoms with Crippen molar-refractivity contribution in [3.8, 4) is 0 Å². The fraction of sp³-hybridized carbons (Fsp3) is 0.826. The van der Waals surface area contributed by atoms with Gasteiger partial charge in [-0.2, -0.15) is 0 Å². The highest BCUT2D eigenvalue weighted by atomic mass is 28.4. The molecule has 11 nitrogen and oxygen atoms in total. The second-order valence-electron chi connectivity index (χ2n) is 17.2. The van der Waals surface area contributed by atoms with E-state index in [-0.39, 0.29) is 42.5 Å². The summed E-state index contributed by atoms with van der Waals surface area (Å²) in [6, 6.07) is 1.86. The minimum Gasteiger partial charge on any atom is -0.457 e. The molecule has 12 atom stereocenters. The molecule has 0 aromatic rings. The fourth-order valence-electron chi connectivity index (χ4n) is 8.63. The number of epoxide rings is 1. The molecule has 0 amide bonds. The first-order valence-corrected chi connectivity index (χ1v) is 24.5. The Kier molecular flexibility index (Phi) is 22.1. The zero-order chi connectivity index (χ0) is 43.8. The van der Waals surface area contributed by atoms with Gasteiger partial charge in [0.2, 0.25) is 0 Å². The minimum atomic E-state index is -2.22. The zero-order valence-electron chi connectivity index (χ0n) is 39.1. The Morgan fingerprint density at radius 2 is 1.66 bits per heavy atom. The van der Waals surface area contributed by atoms with Gasteiger partial charge in [0.15, 0.2) is 20.9 Å². The summed E-state index contributed by atoms with van der Waals surface area (Å²) in [7, 11) is -0.470. The molecule has 0 bridgehead atoms. The number of hydrogen-bond acceptors (Lipinski definition) is 11. The molecular formula is C46H82O11Si. The van der Waals surface area contributed by atoms with Crippen LogP contribution in [-0.2, 0) is 51.9 Å². The quantitative estimate of drug-likeness (QED) is 0.0244. The molecule has 2 aliphatic rings. The standard InChI is InChI=1S/C46H82O11Si/c1-17-39(49-16)34(10)44-40(53-44)30-45(14,55-36(12)50-18-2)27-22-23-32(8)43-33(9)24-25-41(52-35(11)47)46(15,56-37(13)51-19-3)28-26-38(29-42(48)54-43)57-58(20-4,21-5)31(6)7/h22-25,27,31,33-34,36-41,43-44H,17-21,26,28-30H2,1-16H3/b25-24+,27-22+,32-23+. The van der Waals surface area contributed by atoms with Crippen molar-refractivity contribution >= 4 is 20.3 Å². The summed E-state index contributed by atoms with van der Waals surface area (Å²) in [6.07, 6.45) is 9.91. The van der Waals surface area contributed by atoms with Crippen LogP contribution in [0.3, 0.4) is 0 Å². The number of esters is 2. The molecule has 0 spiro atoms. The molecule has 2 aliphatic heterocycles. The lowest BCUT2D eigenvalue weighted by Gasteiger charge is -2.41. The summed E-state index contributed by atoms with van der Waals surface area (Å²) in [5.74, 6) is -0.774. The van der Waals surface area contributed by atoms with Gasteiger partial charge in [0.1, 0.15) is 17.8 Å². The van der Waals surface area contributed by atoms with Crippen LogP contribution in [-0.4, -0.2) is 101 Å². The Hall–Kier alpha value is -1.90. The predicted octanol–water partition coefficient (Wildman–Crippen LogP) is 10.0. The average molecular weight is 839 g/mol. The van der Waals surface area contributed by atoms with Crippen LogP contribution in [0, 0.1) is 11.8 Å². The summed E-state index contributed by atoms with van der Waals surface area (Å²) in [6.45, 7) is 31.1. The number of hydrogen-bond donors (Lipinski definition) is 0.